The highest BCUT2D eigenvalue weighted by atomic mass is 32.1. The summed E-state index contributed by atoms with van der Waals surface area (Å²) in [6, 6.07) is 6.00. The van der Waals surface area contributed by atoms with Gasteiger partial charge >= 0.3 is 0 Å². The van der Waals surface area contributed by atoms with Gasteiger partial charge < -0.3 is 10.2 Å². The van der Waals surface area contributed by atoms with Gasteiger partial charge in [0.2, 0.25) is 16.9 Å². The van der Waals surface area contributed by atoms with Crippen molar-refractivity contribution in [1.29, 1.82) is 0 Å². The summed E-state index contributed by atoms with van der Waals surface area (Å²) < 4.78 is 0. The number of hydrogen-bond donors (Lipinski definition) is 1. The van der Waals surface area contributed by atoms with E-state index in [4.69, 9.17) is 0 Å². The molecule has 0 saturated carbocycles. The summed E-state index contributed by atoms with van der Waals surface area (Å²) in [7, 11) is 0. The highest BCUT2D eigenvalue weighted by Crippen LogP contribution is 2.27. The SMILES string of the molecule is Cc1cc(C)cc(N2C[C@@H](C(=O)Nc3nncs3)CC2=O)c1. The molecule has 1 aliphatic rings. The summed E-state index contributed by atoms with van der Waals surface area (Å²) in [6.45, 7) is 4.39. The first-order chi connectivity index (χ1) is 10.5. The number of benzene rings is 1. The zero-order valence-electron chi connectivity index (χ0n) is 12.4. The van der Waals surface area contributed by atoms with Gasteiger partial charge in [-0.25, -0.2) is 0 Å². The number of carbonyl (C=O) groups is 2. The van der Waals surface area contributed by atoms with Gasteiger partial charge in [0.05, 0.1) is 5.92 Å². The lowest BCUT2D eigenvalue weighted by atomic mass is 10.1. The minimum atomic E-state index is -0.364. The number of nitrogens with zero attached hydrogens (tertiary/aromatic N) is 3. The van der Waals surface area contributed by atoms with Gasteiger partial charge in [-0.3, -0.25) is 9.59 Å². The normalized spacial score (nSPS) is 17.8. The van der Waals surface area contributed by atoms with Crippen LogP contribution in [0.3, 0.4) is 0 Å². The van der Waals surface area contributed by atoms with E-state index < -0.39 is 0 Å². The van der Waals surface area contributed by atoms with E-state index in [-0.39, 0.29) is 24.2 Å². The van der Waals surface area contributed by atoms with E-state index in [2.05, 4.69) is 21.6 Å². The van der Waals surface area contributed by atoms with Crippen molar-refractivity contribution in [2.75, 3.05) is 16.8 Å². The first-order valence-corrected chi connectivity index (χ1v) is 7.86. The molecule has 22 heavy (non-hydrogen) atoms. The lowest BCUT2D eigenvalue weighted by Gasteiger charge is -2.18. The molecule has 114 valence electrons. The van der Waals surface area contributed by atoms with Crippen LogP contribution in [0.4, 0.5) is 10.8 Å². The minimum Gasteiger partial charge on any atom is -0.312 e. The smallest absolute Gasteiger partial charge is 0.231 e. The van der Waals surface area contributed by atoms with E-state index >= 15 is 0 Å². The predicted octanol–water partition coefficient (Wildman–Crippen LogP) is 2.15. The highest BCUT2D eigenvalue weighted by molar-refractivity contribution is 7.13. The molecule has 1 N–H and O–H groups in total. The zero-order valence-corrected chi connectivity index (χ0v) is 13.2. The van der Waals surface area contributed by atoms with Gasteiger partial charge in [-0.2, -0.15) is 0 Å². The second kappa shape index (κ2) is 5.84. The van der Waals surface area contributed by atoms with E-state index in [1.54, 1.807) is 10.4 Å². The summed E-state index contributed by atoms with van der Waals surface area (Å²) >= 11 is 1.26. The third-order valence-electron chi connectivity index (χ3n) is 3.60. The topological polar surface area (TPSA) is 75.2 Å². The van der Waals surface area contributed by atoms with Crippen molar-refractivity contribution in [1.82, 2.24) is 10.2 Å². The molecule has 3 rings (SSSR count). The molecule has 1 fully saturated rings. The van der Waals surface area contributed by atoms with Crippen LogP contribution in [-0.4, -0.2) is 28.6 Å². The molecule has 1 saturated heterocycles. The number of aryl methyl sites for hydroxylation is 2. The van der Waals surface area contributed by atoms with Crippen LogP contribution in [0.2, 0.25) is 0 Å². The number of aromatic nitrogens is 2. The van der Waals surface area contributed by atoms with E-state index in [9.17, 15) is 9.59 Å². The average molecular weight is 316 g/mol. The van der Waals surface area contributed by atoms with Gasteiger partial charge in [-0.05, 0) is 37.1 Å². The molecule has 1 aromatic heterocycles. The zero-order chi connectivity index (χ0) is 15.7. The molecular formula is C15H16N4O2S. The molecule has 0 spiro atoms. The Bertz CT molecular complexity index is 694. The number of anilines is 2. The third kappa shape index (κ3) is 2.99. The molecule has 2 heterocycles. The van der Waals surface area contributed by atoms with Crippen LogP contribution < -0.4 is 10.2 Å². The maximum atomic E-state index is 12.2. The van der Waals surface area contributed by atoms with Crippen molar-refractivity contribution in [3.63, 3.8) is 0 Å². The largest absolute Gasteiger partial charge is 0.312 e. The van der Waals surface area contributed by atoms with Crippen molar-refractivity contribution >= 4 is 34.0 Å². The maximum Gasteiger partial charge on any atom is 0.231 e. The van der Waals surface area contributed by atoms with Gasteiger partial charge in [0.15, 0.2) is 0 Å². The van der Waals surface area contributed by atoms with Crippen molar-refractivity contribution in [2.45, 2.75) is 20.3 Å². The Balaban J connectivity index is 1.74. The van der Waals surface area contributed by atoms with Crippen LogP contribution in [0.5, 0.6) is 0 Å². The first-order valence-electron chi connectivity index (χ1n) is 6.98. The lowest BCUT2D eigenvalue weighted by Crippen LogP contribution is -2.28. The van der Waals surface area contributed by atoms with Crippen molar-refractivity contribution < 1.29 is 9.59 Å². The number of nitrogens with one attached hydrogen (secondary N) is 1. The Morgan fingerprint density at radius 3 is 2.68 bits per heavy atom. The molecule has 1 atom stereocenters. The molecule has 0 aliphatic carbocycles. The van der Waals surface area contributed by atoms with Gasteiger partial charge in [0, 0.05) is 18.7 Å². The standard InChI is InChI=1S/C15H16N4O2S/c1-9-3-10(2)5-12(4-9)19-7-11(6-13(19)20)14(21)17-15-18-16-8-22-15/h3-5,8,11H,6-7H2,1-2H3,(H,17,18,21)/t11-/m0/s1. The summed E-state index contributed by atoms with van der Waals surface area (Å²) in [5, 5.41) is 10.6. The second-order valence-electron chi connectivity index (χ2n) is 5.48. The van der Waals surface area contributed by atoms with Crippen LogP contribution in [0.25, 0.3) is 0 Å². The molecule has 1 aliphatic heterocycles. The Morgan fingerprint density at radius 1 is 1.32 bits per heavy atom. The van der Waals surface area contributed by atoms with Crippen LogP contribution in [0.1, 0.15) is 17.5 Å². The number of carbonyl (C=O) groups excluding carboxylic acids is 2. The van der Waals surface area contributed by atoms with Gasteiger partial charge in [-0.1, -0.05) is 17.4 Å². The number of rotatable bonds is 3. The maximum absolute atomic E-state index is 12.2. The fourth-order valence-corrected chi connectivity index (χ4v) is 3.12. The molecule has 2 aromatic rings. The van der Waals surface area contributed by atoms with Gasteiger partial charge in [0.25, 0.3) is 0 Å². The molecule has 0 unspecified atom stereocenters. The first kappa shape index (κ1) is 14.6. The van der Waals surface area contributed by atoms with Crippen molar-refractivity contribution in [3.8, 4) is 0 Å². The molecule has 0 bridgehead atoms. The van der Waals surface area contributed by atoms with E-state index in [1.807, 2.05) is 26.0 Å². The highest BCUT2D eigenvalue weighted by Gasteiger charge is 2.35. The average Bonchev–Trinajstić information content (AvgIpc) is 3.07. The van der Waals surface area contributed by atoms with Crippen molar-refractivity contribution in [3.05, 3.63) is 34.8 Å². The summed E-state index contributed by atoms with van der Waals surface area (Å²) in [6.07, 6.45) is 0.220. The predicted molar refractivity (Wildman–Crippen MR) is 84.9 cm³/mol. The molecule has 6 nitrogen and oxygen atoms in total. The Hall–Kier alpha value is -2.28. The van der Waals surface area contributed by atoms with E-state index in [0.29, 0.717) is 11.7 Å². The molecular weight excluding hydrogens is 300 g/mol. The Kier molecular flexibility index (Phi) is 3.89. The van der Waals surface area contributed by atoms with E-state index in [1.165, 1.54) is 11.3 Å². The Labute approximate surface area is 132 Å². The molecule has 2 amide bonds. The van der Waals surface area contributed by atoms with Gasteiger partial charge in [0.1, 0.15) is 5.51 Å². The number of hydrogen-bond acceptors (Lipinski definition) is 5. The summed E-state index contributed by atoms with van der Waals surface area (Å²) in [5.41, 5.74) is 4.61. The molecule has 0 radical (unpaired) electrons. The third-order valence-corrected chi connectivity index (χ3v) is 4.21. The van der Waals surface area contributed by atoms with Crippen LogP contribution in [-0.2, 0) is 9.59 Å². The van der Waals surface area contributed by atoms with Crippen LogP contribution in [0, 0.1) is 19.8 Å². The minimum absolute atomic E-state index is 0.0255. The summed E-state index contributed by atoms with van der Waals surface area (Å²) in [5.74, 6) is -0.573. The van der Waals surface area contributed by atoms with Crippen LogP contribution >= 0.6 is 11.3 Å². The van der Waals surface area contributed by atoms with Crippen LogP contribution in [0.15, 0.2) is 23.7 Å². The Morgan fingerprint density at radius 2 is 2.05 bits per heavy atom. The fraction of sp³-hybridized carbons (Fsp3) is 0.333. The van der Waals surface area contributed by atoms with Crippen molar-refractivity contribution in [2.24, 2.45) is 5.92 Å². The quantitative estimate of drug-likeness (QED) is 0.941. The molecule has 7 heteroatoms. The lowest BCUT2D eigenvalue weighted by molar-refractivity contribution is -0.122. The van der Waals surface area contributed by atoms with Gasteiger partial charge in [-0.15, -0.1) is 10.2 Å². The number of amides is 2. The monoisotopic (exact) mass is 316 g/mol. The fourth-order valence-electron chi connectivity index (χ4n) is 2.67. The second-order valence-corrected chi connectivity index (χ2v) is 6.32. The summed E-state index contributed by atoms with van der Waals surface area (Å²) in [4.78, 5) is 26.1. The van der Waals surface area contributed by atoms with E-state index in [0.717, 1.165) is 16.8 Å². The molecule has 1 aromatic carbocycles.